The van der Waals surface area contributed by atoms with E-state index < -0.39 is 6.04 Å². The average molecular weight is 570 g/mol. The predicted octanol–water partition coefficient (Wildman–Crippen LogP) is 6.26. The second-order valence-electron chi connectivity index (χ2n) is 11.9. The summed E-state index contributed by atoms with van der Waals surface area (Å²) in [6, 6.07) is 18.4. The van der Waals surface area contributed by atoms with Gasteiger partial charge in [0.2, 0.25) is 11.9 Å². The van der Waals surface area contributed by atoms with Gasteiger partial charge in [-0.25, -0.2) is 9.97 Å². The van der Waals surface area contributed by atoms with Crippen molar-refractivity contribution in [3.05, 3.63) is 66.4 Å². The van der Waals surface area contributed by atoms with Gasteiger partial charge in [-0.3, -0.25) is 14.5 Å². The molecule has 1 N–H and O–H groups in total. The Kier molecular flexibility index (Phi) is 9.72. The third-order valence-corrected chi connectivity index (χ3v) is 8.22. The summed E-state index contributed by atoms with van der Waals surface area (Å²) in [6.07, 6.45) is 8.04. The third kappa shape index (κ3) is 7.09. The Balaban J connectivity index is 1.58. The zero-order valence-corrected chi connectivity index (χ0v) is 25.1. The molecule has 222 valence electrons. The number of carbonyl (C=O) groups is 2. The summed E-state index contributed by atoms with van der Waals surface area (Å²) in [6.45, 7) is 5.88. The lowest BCUT2D eigenvalue weighted by molar-refractivity contribution is -0.123. The van der Waals surface area contributed by atoms with Crippen molar-refractivity contribution in [1.29, 1.82) is 0 Å². The maximum atomic E-state index is 14.7. The van der Waals surface area contributed by atoms with E-state index in [1.165, 1.54) is 6.42 Å². The van der Waals surface area contributed by atoms with E-state index >= 15 is 0 Å². The lowest BCUT2D eigenvalue weighted by Crippen LogP contribution is -2.53. The van der Waals surface area contributed by atoms with Crippen molar-refractivity contribution in [2.75, 3.05) is 30.0 Å². The number of aromatic nitrogens is 2. The van der Waals surface area contributed by atoms with Gasteiger partial charge in [0, 0.05) is 30.4 Å². The first-order valence-electron chi connectivity index (χ1n) is 15.4. The van der Waals surface area contributed by atoms with E-state index in [1.54, 1.807) is 18.1 Å². The van der Waals surface area contributed by atoms with Gasteiger partial charge in [0.25, 0.3) is 5.91 Å². The molecule has 1 aliphatic carbocycles. The van der Waals surface area contributed by atoms with Crippen LogP contribution in [0.2, 0.25) is 0 Å². The van der Waals surface area contributed by atoms with Crippen molar-refractivity contribution in [3.8, 4) is 17.0 Å². The third-order valence-electron chi connectivity index (χ3n) is 8.22. The molecule has 1 saturated carbocycles. The van der Waals surface area contributed by atoms with E-state index in [-0.39, 0.29) is 29.5 Å². The highest BCUT2D eigenvalue weighted by Gasteiger charge is 2.35. The van der Waals surface area contributed by atoms with Crippen LogP contribution in [0.25, 0.3) is 11.3 Å². The monoisotopic (exact) mass is 569 g/mol. The second-order valence-corrected chi connectivity index (χ2v) is 11.9. The fourth-order valence-electron chi connectivity index (χ4n) is 5.98. The second kappa shape index (κ2) is 13.8. The van der Waals surface area contributed by atoms with Gasteiger partial charge in [-0.05, 0) is 68.4 Å². The van der Waals surface area contributed by atoms with Crippen molar-refractivity contribution in [2.24, 2.45) is 5.92 Å². The minimum Gasteiger partial charge on any atom is -0.497 e. The summed E-state index contributed by atoms with van der Waals surface area (Å²) < 4.78 is 5.40. The molecule has 8 nitrogen and oxygen atoms in total. The molecule has 2 aliphatic rings. The van der Waals surface area contributed by atoms with Gasteiger partial charge >= 0.3 is 0 Å². The maximum Gasteiger partial charge on any atom is 0.277 e. The van der Waals surface area contributed by atoms with Gasteiger partial charge in [-0.15, -0.1) is 0 Å². The largest absolute Gasteiger partial charge is 0.497 e. The molecule has 1 aromatic heterocycles. The van der Waals surface area contributed by atoms with Gasteiger partial charge < -0.3 is 15.0 Å². The molecule has 2 heterocycles. The Morgan fingerprint density at radius 1 is 0.952 bits per heavy atom. The van der Waals surface area contributed by atoms with Crippen molar-refractivity contribution in [2.45, 2.75) is 77.3 Å². The molecule has 42 heavy (non-hydrogen) atoms. The summed E-state index contributed by atoms with van der Waals surface area (Å²) >= 11 is 0. The van der Waals surface area contributed by atoms with E-state index in [9.17, 15) is 9.59 Å². The van der Waals surface area contributed by atoms with E-state index in [0.29, 0.717) is 29.5 Å². The smallest absolute Gasteiger partial charge is 0.277 e. The van der Waals surface area contributed by atoms with Crippen LogP contribution in [0.1, 0.15) is 75.7 Å². The standard InChI is InChI=1S/C34H43N5O3/c1-24(2)22-31(32(40)35-26-14-8-5-9-15-26)39(27-16-18-28(42-3)19-17-27)33(41)30-23-29(25-12-6-4-7-13-25)36-34(37-30)38-20-10-11-21-38/h4,6-7,12-13,16-19,23-24,26,31H,5,8-11,14-15,20-22H2,1-3H3,(H,35,40). The number of hydrogen-bond acceptors (Lipinski definition) is 6. The number of benzene rings is 2. The fourth-order valence-corrected chi connectivity index (χ4v) is 5.98. The lowest BCUT2D eigenvalue weighted by Gasteiger charge is -2.34. The summed E-state index contributed by atoms with van der Waals surface area (Å²) in [4.78, 5) is 42.2. The summed E-state index contributed by atoms with van der Waals surface area (Å²) in [7, 11) is 1.61. The van der Waals surface area contributed by atoms with E-state index in [2.05, 4.69) is 24.1 Å². The number of methoxy groups -OCH3 is 1. The fraction of sp³-hybridized carbons (Fsp3) is 0.471. The Morgan fingerprint density at radius 3 is 2.29 bits per heavy atom. The number of hydrogen-bond donors (Lipinski definition) is 1. The zero-order chi connectivity index (χ0) is 29.5. The topological polar surface area (TPSA) is 87.7 Å². The number of carbonyl (C=O) groups excluding carboxylic acids is 2. The van der Waals surface area contributed by atoms with Crippen LogP contribution in [0.15, 0.2) is 60.7 Å². The molecule has 0 bridgehead atoms. The quantitative estimate of drug-likeness (QED) is 0.310. The molecular weight excluding hydrogens is 526 g/mol. The van der Waals surface area contributed by atoms with Crippen molar-refractivity contribution >= 4 is 23.5 Å². The van der Waals surface area contributed by atoms with Crippen molar-refractivity contribution in [1.82, 2.24) is 15.3 Å². The minimum atomic E-state index is -0.696. The average Bonchev–Trinajstić information content (AvgIpc) is 3.57. The molecule has 8 heteroatoms. The Bertz CT molecular complexity index is 1330. The van der Waals surface area contributed by atoms with E-state index in [4.69, 9.17) is 14.7 Å². The Labute approximate surface area is 249 Å². The van der Waals surface area contributed by atoms with Crippen molar-refractivity contribution < 1.29 is 14.3 Å². The Hall–Kier alpha value is -3.94. The van der Waals surface area contributed by atoms with Gasteiger partial charge in [0.05, 0.1) is 12.8 Å². The van der Waals surface area contributed by atoms with Crippen LogP contribution in [-0.4, -0.2) is 54.1 Å². The minimum absolute atomic E-state index is 0.114. The normalized spacial score (nSPS) is 16.3. The highest BCUT2D eigenvalue weighted by atomic mass is 16.5. The van der Waals surface area contributed by atoms with Gasteiger partial charge in [0.15, 0.2) is 0 Å². The number of nitrogens with zero attached hydrogens (tertiary/aromatic N) is 4. The van der Waals surface area contributed by atoms with Crippen LogP contribution in [0.3, 0.4) is 0 Å². The first-order chi connectivity index (χ1) is 20.4. The first-order valence-corrected chi connectivity index (χ1v) is 15.4. The molecule has 3 aromatic rings. The molecule has 2 aromatic carbocycles. The van der Waals surface area contributed by atoms with Crippen LogP contribution in [-0.2, 0) is 4.79 Å². The lowest BCUT2D eigenvalue weighted by atomic mass is 9.94. The SMILES string of the molecule is COc1ccc(N(C(=O)c2cc(-c3ccccc3)nc(N3CCCC3)n2)C(CC(C)C)C(=O)NC2CCCCC2)cc1. The number of amides is 2. The van der Waals surface area contributed by atoms with Crippen LogP contribution in [0, 0.1) is 5.92 Å². The molecule has 1 atom stereocenters. The molecule has 1 saturated heterocycles. The van der Waals surface area contributed by atoms with Gasteiger partial charge in [-0.2, -0.15) is 0 Å². The molecule has 0 spiro atoms. The Morgan fingerprint density at radius 2 is 1.64 bits per heavy atom. The number of ether oxygens (including phenoxy) is 1. The number of rotatable bonds is 10. The molecule has 2 fully saturated rings. The molecule has 1 unspecified atom stereocenters. The highest BCUT2D eigenvalue weighted by molar-refractivity contribution is 6.09. The molecule has 0 radical (unpaired) electrons. The highest BCUT2D eigenvalue weighted by Crippen LogP contribution is 2.29. The number of nitrogens with one attached hydrogen (secondary N) is 1. The molecule has 1 aliphatic heterocycles. The van der Waals surface area contributed by atoms with Crippen LogP contribution >= 0.6 is 0 Å². The van der Waals surface area contributed by atoms with Crippen LogP contribution in [0.4, 0.5) is 11.6 Å². The van der Waals surface area contributed by atoms with Gasteiger partial charge in [0.1, 0.15) is 17.5 Å². The summed E-state index contributed by atoms with van der Waals surface area (Å²) in [5.74, 6) is 0.995. The molecule has 2 amide bonds. The summed E-state index contributed by atoms with van der Waals surface area (Å²) in [5.41, 5.74) is 2.52. The zero-order valence-electron chi connectivity index (χ0n) is 25.1. The number of anilines is 2. The maximum absolute atomic E-state index is 14.7. The van der Waals surface area contributed by atoms with Gasteiger partial charge in [-0.1, -0.05) is 63.4 Å². The van der Waals surface area contributed by atoms with Crippen molar-refractivity contribution in [3.63, 3.8) is 0 Å². The van der Waals surface area contributed by atoms with Crippen LogP contribution in [0.5, 0.6) is 5.75 Å². The summed E-state index contributed by atoms with van der Waals surface area (Å²) in [5, 5.41) is 3.30. The van der Waals surface area contributed by atoms with E-state index in [1.807, 2.05) is 54.6 Å². The molecule has 5 rings (SSSR count). The van der Waals surface area contributed by atoms with Crippen LogP contribution < -0.4 is 19.9 Å². The van der Waals surface area contributed by atoms with E-state index in [0.717, 1.165) is 57.2 Å². The first kappa shape index (κ1) is 29.5. The molecular formula is C34H43N5O3. The predicted molar refractivity (Wildman–Crippen MR) is 167 cm³/mol.